The largest absolute Gasteiger partial charge is 0.488 e. The van der Waals surface area contributed by atoms with E-state index in [0.717, 1.165) is 22.0 Å². The van der Waals surface area contributed by atoms with Gasteiger partial charge in [-0.25, -0.2) is 4.79 Å². The number of hydrogen-bond acceptors (Lipinski definition) is 6. The van der Waals surface area contributed by atoms with Crippen molar-refractivity contribution in [2.24, 2.45) is 0 Å². The predicted octanol–water partition coefficient (Wildman–Crippen LogP) is 3.77. The van der Waals surface area contributed by atoms with Crippen molar-refractivity contribution in [1.82, 2.24) is 5.16 Å². The van der Waals surface area contributed by atoms with Gasteiger partial charge in [-0.05, 0) is 43.7 Å². The van der Waals surface area contributed by atoms with Crippen LogP contribution in [0.25, 0.3) is 10.8 Å². The Bertz CT molecular complexity index is 954. The number of esters is 1. The van der Waals surface area contributed by atoms with Crippen LogP contribution in [0, 0.1) is 13.8 Å². The molecular formula is C20H19NO5. The molecule has 0 aliphatic heterocycles. The predicted molar refractivity (Wildman–Crippen MR) is 95.2 cm³/mol. The number of benzene rings is 2. The summed E-state index contributed by atoms with van der Waals surface area (Å²) in [6.07, 6.45) is 0. The molecule has 0 aliphatic carbocycles. The molecule has 3 aromatic rings. The molecule has 2 aromatic carbocycles. The lowest BCUT2D eigenvalue weighted by atomic mass is 10.1. The second kappa shape index (κ2) is 7.39. The second-order valence-corrected chi connectivity index (χ2v) is 6.07. The smallest absolute Gasteiger partial charge is 0.342 e. The summed E-state index contributed by atoms with van der Waals surface area (Å²) in [7, 11) is 0. The molecule has 0 bridgehead atoms. The fraction of sp³-hybridized carbons (Fsp3) is 0.250. The van der Waals surface area contributed by atoms with E-state index < -0.39 is 5.97 Å². The molecule has 0 spiro atoms. The minimum Gasteiger partial charge on any atom is -0.488 e. The first-order chi connectivity index (χ1) is 12.5. The fourth-order valence-corrected chi connectivity index (χ4v) is 2.60. The molecule has 0 saturated heterocycles. The highest BCUT2D eigenvalue weighted by molar-refractivity contribution is 5.99. The molecule has 0 amide bonds. The first-order valence-corrected chi connectivity index (χ1v) is 8.19. The lowest BCUT2D eigenvalue weighted by Gasteiger charge is -2.12. The molecule has 0 atom stereocenters. The molecule has 6 nitrogen and oxygen atoms in total. The summed E-state index contributed by atoms with van der Waals surface area (Å²) in [5, 5.41) is 5.72. The normalized spacial score (nSPS) is 10.7. The van der Waals surface area contributed by atoms with Crippen LogP contribution in [0.3, 0.4) is 0 Å². The summed E-state index contributed by atoms with van der Waals surface area (Å²) in [5.74, 6) is 0.235. The van der Waals surface area contributed by atoms with Gasteiger partial charge < -0.3 is 14.0 Å². The zero-order valence-corrected chi connectivity index (χ0v) is 14.9. The highest BCUT2D eigenvalue weighted by Gasteiger charge is 2.18. The van der Waals surface area contributed by atoms with Gasteiger partial charge >= 0.3 is 5.97 Å². The SMILES string of the molecule is CC(=O)COC(=O)c1cc2ccccc2cc1OCc1c(C)noc1C. The maximum Gasteiger partial charge on any atom is 0.342 e. The summed E-state index contributed by atoms with van der Waals surface area (Å²) in [5.41, 5.74) is 1.85. The Labute approximate surface area is 150 Å². The van der Waals surface area contributed by atoms with Crippen LogP contribution >= 0.6 is 0 Å². The van der Waals surface area contributed by atoms with Gasteiger partial charge in [0.1, 0.15) is 30.3 Å². The van der Waals surface area contributed by atoms with Crippen LogP contribution in [0.4, 0.5) is 0 Å². The van der Waals surface area contributed by atoms with Crippen molar-refractivity contribution in [3.63, 3.8) is 0 Å². The van der Waals surface area contributed by atoms with Crippen LogP contribution in [-0.2, 0) is 16.1 Å². The number of ether oxygens (including phenoxy) is 2. The third kappa shape index (κ3) is 3.74. The maximum atomic E-state index is 12.4. The average Bonchev–Trinajstić information content (AvgIpc) is 2.95. The first kappa shape index (κ1) is 17.7. The third-order valence-corrected chi connectivity index (χ3v) is 4.03. The maximum absolute atomic E-state index is 12.4. The van der Waals surface area contributed by atoms with Crippen molar-refractivity contribution in [3.8, 4) is 5.75 Å². The molecule has 3 rings (SSSR count). The van der Waals surface area contributed by atoms with Crippen molar-refractivity contribution in [2.45, 2.75) is 27.4 Å². The number of aromatic nitrogens is 1. The van der Waals surface area contributed by atoms with Gasteiger partial charge in [0.05, 0.1) is 11.3 Å². The average molecular weight is 353 g/mol. The summed E-state index contributed by atoms with van der Waals surface area (Å²) in [6.45, 7) is 4.95. The van der Waals surface area contributed by atoms with Gasteiger partial charge in [0, 0.05) is 0 Å². The number of hydrogen-bond donors (Lipinski definition) is 0. The summed E-state index contributed by atoms with van der Waals surface area (Å²) in [4.78, 5) is 23.5. The summed E-state index contributed by atoms with van der Waals surface area (Å²) in [6, 6.07) is 11.1. The van der Waals surface area contributed by atoms with E-state index in [4.69, 9.17) is 14.0 Å². The summed E-state index contributed by atoms with van der Waals surface area (Å²) >= 11 is 0. The number of carbonyl (C=O) groups excluding carboxylic acids is 2. The highest BCUT2D eigenvalue weighted by atomic mass is 16.5. The van der Waals surface area contributed by atoms with Crippen molar-refractivity contribution in [3.05, 3.63) is 59.0 Å². The molecule has 26 heavy (non-hydrogen) atoms. The zero-order valence-electron chi connectivity index (χ0n) is 14.9. The molecule has 0 aliphatic rings. The van der Waals surface area contributed by atoms with Gasteiger partial charge in [-0.1, -0.05) is 29.4 Å². The van der Waals surface area contributed by atoms with Crippen molar-refractivity contribution < 1.29 is 23.6 Å². The number of ketones is 1. The molecule has 0 radical (unpaired) electrons. The van der Waals surface area contributed by atoms with Gasteiger partial charge in [0.25, 0.3) is 0 Å². The molecule has 0 unspecified atom stereocenters. The van der Waals surface area contributed by atoms with Gasteiger partial charge in [-0.15, -0.1) is 0 Å². The minimum absolute atomic E-state index is 0.215. The molecule has 1 aromatic heterocycles. The molecule has 6 heteroatoms. The lowest BCUT2D eigenvalue weighted by Crippen LogP contribution is -2.13. The minimum atomic E-state index is -0.597. The van der Waals surface area contributed by atoms with E-state index in [0.29, 0.717) is 11.5 Å². The Balaban J connectivity index is 1.94. The highest BCUT2D eigenvalue weighted by Crippen LogP contribution is 2.28. The second-order valence-electron chi connectivity index (χ2n) is 6.07. The standard InChI is InChI=1S/C20H19NO5/c1-12(22)10-25-20(23)17-8-15-6-4-5-7-16(15)9-19(17)24-11-18-13(2)21-26-14(18)3/h4-9H,10-11H2,1-3H3. The van der Waals surface area contributed by atoms with Crippen LogP contribution in [0.1, 0.15) is 34.3 Å². The molecule has 0 saturated carbocycles. The van der Waals surface area contributed by atoms with E-state index in [1.807, 2.05) is 31.2 Å². The fourth-order valence-electron chi connectivity index (χ4n) is 2.60. The number of nitrogens with zero attached hydrogens (tertiary/aromatic N) is 1. The molecule has 0 N–H and O–H groups in total. The number of fused-ring (bicyclic) bond motifs is 1. The van der Waals surface area contributed by atoms with E-state index in [-0.39, 0.29) is 24.6 Å². The van der Waals surface area contributed by atoms with Crippen LogP contribution in [0.15, 0.2) is 40.9 Å². The van der Waals surface area contributed by atoms with Crippen molar-refractivity contribution >= 4 is 22.5 Å². The Morgan fingerprint density at radius 1 is 1.12 bits per heavy atom. The van der Waals surface area contributed by atoms with Crippen molar-refractivity contribution in [2.75, 3.05) is 6.61 Å². The van der Waals surface area contributed by atoms with Crippen LogP contribution in [0.5, 0.6) is 5.75 Å². The number of carbonyl (C=O) groups is 2. The molecule has 134 valence electrons. The van der Waals surface area contributed by atoms with E-state index in [1.54, 1.807) is 19.1 Å². The zero-order chi connectivity index (χ0) is 18.7. The molecular weight excluding hydrogens is 334 g/mol. The third-order valence-electron chi connectivity index (χ3n) is 4.03. The van der Waals surface area contributed by atoms with Gasteiger partial charge in [0.2, 0.25) is 0 Å². The van der Waals surface area contributed by atoms with Gasteiger partial charge in [-0.2, -0.15) is 0 Å². The van der Waals surface area contributed by atoms with Gasteiger partial charge in [0.15, 0.2) is 5.78 Å². The number of rotatable bonds is 6. The van der Waals surface area contributed by atoms with E-state index >= 15 is 0 Å². The Morgan fingerprint density at radius 2 is 1.81 bits per heavy atom. The Morgan fingerprint density at radius 3 is 2.42 bits per heavy atom. The van der Waals surface area contributed by atoms with Crippen LogP contribution in [0.2, 0.25) is 0 Å². The van der Waals surface area contributed by atoms with E-state index in [9.17, 15) is 9.59 Å². The van der Waals surface area contributed by atoms with Crippen molar-refractivity contribution in [1.29, 1.82) is 0 Å². The monoisotopic (exact) mass is 353 g/mol. The first-order valence-electron chi connectivity index (χ1n) is 8.19. The Hall–Kier alpha value is -3.15. The number of Topliss-reactive ketones (excluding diaryl/α,β-unsaturated/α-hetero) is 1. The quantitative estimate of drug-likeness (QED) is 0.628. The van der Waals surface area contributed by atoms with E-state index in [2.05, 4.69) is 5.16 Å². The molecule has 0 fully saturated rings. The lowest BCUT2D eigenvalue weighted by molar-refractivity contribution is -0.120. The van der Waals surface area contributed by atoms with Crippen LogP contribution < -0.4 is 4.74 Å². The van der Waals surface area contributed by atoms with Crippen LogP contribution in [-0.4, -0.2) is 23.5 Å². The Kier molecular flexibility index (Phi) is 5.02. The van der Waals surface area contributed by atoms with Gasteiger partial charge in [-0.3, -0.25) is 4.79 Å². The van der Waals surface area contributed by atoms with E-state index in [1.165, 1.54) is 6.92 Å². The topological polar surface area (TPSA) is 78.6 Å². The molecule has 1 heterocycles. The summed E-state index contributed by atoms with van der Waals surface area (Å²) < 4.78 is 16.1. The number of aryl methyl sites for hydroxylation is 2.